The molecular weight excluding hydrogens is 218 g/mol. The van der Waals surface area contributed by atoms with E-state index in [0.717, 1.165) is 10.9 Å². The number of esters is 1. The zero-order valence-corrected chi connectivity index (χ0v) is 9.71. The fourth-order valence-corrected chi connectivity index (χ4v) is 1.58. The topological polar surface area (TPSA) is 48.4 Å². The minimum Gasteiger partial charge on any atom is -0.477 e. The third kappa shape index (κ3) is 2.36. The first-order chi connectivity index (χ1) is 8.22. The Morgan fingerprint density at radius 2 is 2.06 bits per heavy atom. The van der Waals surface area contributed by atoms with Gasteiger partial charge in [-0.1, -0.05) is 18.2 Å². The number of methoxy groups -OCH3 is 1. The predicted octanol–water partition coefficient (Wildman–Crippen LogP) is 2.18. The second-order valence-electron chi connectivity index (χ2n) is 3.61. The maximum Gasteiger partial charge on any atom is 0.346 e. The second-order valence-corrected chi connectivity index (χ2v) is 3.61. The van der Waals surface area contributed by atoms with E-state index in [1.807, 2.05) is 24.3 Å². The van der Waals surface area contributed by atoms with Crippen LogP contribution in [0.1, 0.15) is 6.92 Å². The summed E-state index contributed by atoms with van der Waals surface area (Å²) in [6.07, 6.45) is 1.05. The Morgan fingerprint density at radius 1 is 1.29 bits per heavy atom. The molecule has 0 bridgehead atoms. The van der Waals surface area contributed by atoms with E-state index >= 15 is 0 Å². The Kier molecular flexibility index (Phi) is 3.23. The van der Waals surface area contributed by atoms with Gasteiger partial charge in [-0.05, 0) is 19.1 Å². The summed E-state index contributed by atoms with van der Waals surface area (Å²) in [5, 5.41) is 0.974. The van der Waals surface area contributed by atoms with Gasteiger partial charge >= 0.3 is 5.97 Å². The van der Waals surface area contributed by atoms with Crippen LogP contribution in [0.2, 0.25) is 0 Å². The highest BCUT2D eigenvalue weighted by Crippen LogP contribution is 2.23. The Bertz CT molecular complexity index is 534. The van der Waals surface area contributed by atoms with Gasteiger partial charge in [0.1, 0.15) is 11.3 Å². The molecule has 0 saturated carbocycles. The number of pyridine rings is 1. The lowest BCUT2D eigenvalue weighted by atomic mass is 10.2. The summed E-state index contributed by atoms with van der Waals surface area (Å²) >= 11 is 0. The van der Waals surface area contributed by atoms with E-state index in [-0.39, 0.29) is 0 Å². The van der Waals surface area contributed by atoms with E-state index < -0.39 is 12.1 Å². The van der Waals surface area contributed by atoms with Crippen LogP contribution in [-0.2, 0) is 9.53 Å². The summed E-state index contributed by atoms with van der Waals surface area (Å²) in [6.45, 7) is 1.65. The van der Waals surface area contributed by atoms with E-state index in [9.17, 15) is 4.79 Å². The molecule has 0 radical (unpaired) electrons. The second kappa shape index (κ2) is 4.82. The SMILES string of the molecule is COC(=O)C(C)Oc1cccc2cccnc12. The maximum absolute atomic E-state index is 11.3. The predicted molar refractivity (Wildman–Crippen MR) is 63.8 cm³/mol. The lowest BCUT2D eigenvalue weighted by Gasteiger charge is -2.13. The first-order valence-electron chi connectivity index (χ1n) is 5.30. The van der Waals surface area contributed by atoms with Crippen LogP contribution in [-0.4, -0.2) is 24.2 Å². The van der Waals surface area contributed by atoms with Crippen LogP contribution in [0.25, 0.3) is 10.9 Å². The molecule has 4 nitrogen and oxygen atoms in total. The number of carbonyl (C=O) groups is 1. The quantitative estimate of drug-likeness (QED) is 0.759. The van der Waals surface area contributed by atoms with Crippen molar-refractivity contribution in [3.05, 3.63) is 36.5 Å². The zero-order chi connectivity index (χ0) is 12.3. The number of benzene rings is 1. The molecule has 0 spiro atoms. The fourth-order valence-electron chi connectivity index (χ4n) is 1.58. The van der Waals surface area contributed by atoms with Crippen molar-refractivity contribution in [1.82, 2.24) is 4.98 Å². The smallest absolute Gasteiger partial charge is 0.346 e. The van der Waals surface area contributed by atoms with Crippen LogP contribution in [0.3, 0.4) is 0 Å². The minimum absolute atomic E-state index is 0.405. The number of rotatable bonds is 3. The van der Waals surface area contributed by atoms with E-state index in [1.54, 1.807) is 19.2 Å². The molecule has 88 valence electrons. The van der Waals surface area contributed by atoms with Gasteiger partial charge in [0.15, 0.2) is 6.10 Å². The number of carbonyl (C=O) groups excluding carboxylic acids is 1. The number of aromatic nitrogens is 1. The largest absolute Gasteiger partial charge is 0.477 e. The first-order valence-corrected chi connectivity index (χ1v) is 5.30. The number of hydrogen-bond acceptors (Lipinski definition) is 4. The molecule has 0 aliphatic rings. The standard InChI is InChI=1S/C13H13NO3/c1-9(13(15)16-2)17-11-7-3-5-10-6-4-8-14-12(10)11/h3-9H,1-2H3. The number of fused-ring (bicyclic) bond motifs is 1. The monoisotopic (exact) mass is 231 g/mol. The van der Waals surface area contributed by atoms with Crippen molar-refractivity contribution in [3.63, 3.8) is 0 Å². The van der Waals surface area contributed by atoms with Crippen LogP contribution < -0.4 is 4.74 Å². The summed E-state index contributed by atoms with van der Waals surface area (Å²) < 4.78 is 10.2. The normalized spacial score (nSPS) is 12.1. The van der Waals surface area contributed by atoms with Gasteiger partial charge in [-0.3, -0.25) is 4.98 Å². The third-order valence-corrected chi connectivity index (χ3v) is 2.43. The van der Waals surface area contributed by atoms with E-state index in [2.05, 4.69) is 9.72 Å². The summed E-state index contributed by atoms with van der Waals surface area (Å²) in [5.41, 5.74) is 0.741. The summed E-state index contributed by atoms with van der Waals surface area (Å²) in [6, 6.07) is 9.39. The molecule has 0 N–H and O–H groups in total. The number of para-hydroxylation sites is 1. The average Bonchev–Trinajstić information content (AvgIpc) is 2.38. The van der Waals surface area contributed by atoms with Crippen LogP contribution in [0.5, 0.6) is 5.75 Å². The van der Waals surface area contributed by atoms with Crippen molar-refractivity contribution in [2.24, 2.45) is 0 Å². The molecule has 1 heterocycles. The van der Waals surface area contributed by atoms with Crippen molar-refractivity contribution in [1.29, 1.82) is 0 Å². The third-order valence-electron chi connectivity index (χ3n) is 2.43. The van der Waals surface area contributed by atoms with Crippen molar-refractivity contribution in [3.8, 4) is 5.75 Å². The Balaban J connectivity index is 2.33. The summed E-state index contributed by atoms with van der Waals surface area (Å²) in [4.78, 5) is 15.5. The molecule has 0 aliphatic carbocycles. The lowest BCUT2D eigenvalue weighted by Crippen LogP contribution is -2.25. The molecule has 1 atom stereocenters. The van der Waals surface area contributed by atoms with Crippen molar-refractivity contribution in [2.45, 2.75) is 13.0 Å². The molecule has 0 aliphatic heterocycles. The average molecular weight is 231 g/mol. The van der Waals surface area contributed by atoms with Gasteiger partial charge in [0.05, 0.1) is 7.11 Å². The van der Waals surface area contributed by atoms with Gasteiger partial charge < -0.3 is 9.47 Å². The summed E-state index contributed by atoms with van der Waals surface area (Å²) in [5.74, 6) is 0.180. The molecular formula is C13H13NO3. The number of nitrogens with zero attached hydrogens (tertiary/aromatic N) is 1. The van der Waals surface area contributed by atoms with Crippen LogP contribution in [0, 0.1) is 0 Å². The fraction of sp³-hybridized carbons (Fsp3) is 0.231. The van der Waals surface area contributed by atoms with Gasteiger partial charge in [0, 0.05) is 11.6 Å². The Labute approximate surface area is 99.2 Å². The van der Waals surface area contributed by atoms with Crippen LogP contribution in [0.15, 0.2) is 36.5 Å². The lowest BCUT2D eigenvalue weighted by molar-refractivity contribution is -0.147. The molecule has 0 amide bonds. The van der Waals surface area contributed by atoms with Gasteiger partial charge in [-0.2, -0.15) is 0 Å². The molecule has 1 unspecified atom stereocenters. The first kappa shape index (κ1) is 11.4. The maximum atomic E-state index is 11.3. The molecule has 0 fully saturated rings. The molecule has 0 saturated heterocycles. The molecule has 2 rings (SSSR count). The van der Waals surface area contributed by atoms with Crippen LogP contribution >= 0.6 is 0 Å². The molecule has 1 aromatic carbocycles. The minimum atomic E-state index is -0.646. The molecule has 2 aromatic rings. The molecule has 17 heavy (non-hydrogen) atoms. The van der Waals surface area contributed by atoms with Crippen molar-refractivity contribution >= 4 is 16.9 Å². The molecule has 1 aromatic heterocycles. The Morgan fingerprint density at radius 3 is 2.82 bits per heavy atom. The van der Waals surface area contributed by atoms with Gasteiger partial charge in [-0.15, -0.1) is 0 Å². The van der Waals surface area contributed by atoms with Crippen LogP contribution in [0.4, 0.5) is 0 Å². The van der Waals surface area contributed by atoms with Gasteiger partial charge in [-0.25, -0.2) is 4.79 Å². The van der Waals surface area contributed by atoms with E-state index in [1.165, 1.54) is 7.11 Å². The van der Waals surface area contributed by atoms with Crippen molar-refractivity contribution in [2.75, 3.05) is 7.11 Å². The summed E-state index contributed by atoms with van der Waals surface area (Å²) in [7, 11) is 1.34. The van der Waals surface area contributed by atoms with Gasteiger partial charge in [0.2, 0.25) is 0 Å². The zero-order valence-electron chi connectivity index (χ0n) is 9.71. The molecule has 4 heteroatoms. The van der Waals surface area contributed by atoms with Gasteiger partial charge in [0.25, 0.3) is 0 Å². The Hall–Kier alpha value is -2.10. The number of ether oxygens (including phenoxy) is 2. The highest BCUT2D eigenvalue weighted by Gasteiger charge is 2.16. The van der Waals surface area contributed by atoms with E-state index in [0.29, 0.717) is 5.75 Å². The van der Waals surface area contributed by atoms with E-state index in [4.69, 9.17) is 4.74 Å². The number of hydrogen-bond donors (Lipinski definition) is 0. The van der Waals surface area contributed by atoms with Crippen molar-refractivity contribution < 1.29 is 14.3 Å². The highest BCUT2D eigenvalue weighted by atomic mass is 16.6. The highest BCUT2D eigenvalue weighted by molar-refractivity contribution is 5.84.